The Morgan fingerprint density at radius 2 is 2.00 bits per heavy atom. The fourth-order valence-corrected chi connectivity index (χ4v) is 0.784. The molecule has 0 bridgehead atoms. The molecule has 0 aromatic carbocycles. The molecular formula is C5H6N5NaO. The second kappa shape index (κ2) is 4.36. The number of aromatic amines is 1. The van der Waals surface area contributed by atoms with E-state index in [0.717, 1.165) is 0 Å². The van der Waals surface area contributed by atoms with E-state index < -0.39 is 0 Å². The Hall–Kier alpha value is -0.690. The van der Waals surface area contributed by atoms with E-state index in [9.17, 15) is 0 Å². The molecule has 4 N–H and O–H groups in total. The van der Waals surface area contributed by atoms with Crippen LogP contribution in [0.25, 0.3) is 11.2 Å². The van der Waals surface area contributed by atoms with Crippen LogP contribution < -0.4 is 35.3 Å². The molecule has 0 amide bonds. The van der Waals surface area contributed by atoms with Gasteiger partial charge < -0.3 is 16.2 Å². The number of nitrogen functional groups attached to an aromatic ring is 1. The standard InChI is InChI=1S/C5H5N5.Na.H2O/c6-4-3-5(9-1-7-3)10-2-8-4;;/h1-2H,(H3,6,7,8,9,10);;1H2/q;+1;/p-1. The van der Waals surface area contributed by atoms with Gasteiger partial charge >= 0.3 is 29.6 Å². The van der Waals surface area contributed by atoms with Crippen molar-refractivity contribution in [1.82, 2.24) is 19.9 Å². The van der Waals surface area contributed by atoms with Gasteiger partial charge in [0.15, 0.2) is 11.5 Å². The summed E-state index contributed by atoms with van der Waals surface area (Å²) in [6.45, 7) is 0. The molecule has 0 spiro atoms. The van der Waals surface area contributed by atoms with E-state index in [1.54, 1.807) is 0 Å². The smallest absolute Gasteiger partial charge is 0.870 e. The normalized spacial score (nSPS) is 8.67. The maximum absolute atomic E-state index is 5.48. The van der Waals surface area contributed by atoms with E-state index in [-0.39, 0.29) is 35.0 Å². The van der Waals surface area contributed by atoms with Crippen LogP contribution in [-0.2, 0) is 0 Å². The summed E-state index contributed by atoms with van der Waals surface area (Å²) in [7, 11) is 0. The number of anilines is 1. The van der Waals surface area contributed by atoms with Crippen LogP contribution in [0.4, 0.5) is 5.82 Å². The monoisotopic (exact) mass is 175 g/mol. The van der Waals surface area contributed by atoms with E-state index >= 15 is 0 Å². The number of nitrogens with one attached hydrogen (secondary N) is 1. The molecule has 0 aliphatic rings. The van der Waals surface area contributed by atoms with Crippen molar-refractivity contribution >= 4 is 17.0 Å². The molecule has 0 fully saturated rings. The van der Waals surface area contributed by atoms with Crippen LogP contribution in [0, 0.1) is 0 Å². The zero-order valence-corrected chi connectivity index (χ0v) is 8.52. The van der Waals surface area contributed by atoms with Crippen molar-refractivity contribution in [3.63, 3.8) is 0 Å². The number of hydrogen-bond donors (Lipinski definition) is 2. The molecule has 0 unspecified atom stereocenters. The summed E-state index contributed by atoms with van der Waals surface area (Å²) in [6, 6.07) is 0. The molecule has 0 saturated heterocycles. The van der Waals surface area contributed by atoms with Crippen molar-refractivity contribution in [3.05, 3.63) is 12.7 Å². The van der Waals surface area contributed by atoms with Crippen molar-refractivity contribution in [1.29, 1.82) is 0 Å². The van der Waals surface area contributed by atoms with Crippen LogP contribution in [0.15, 0.2) is 12.7 Å². The first-order valence-corrected chi connectivity index (χ1v) is 2.77. The zero-order valence-electron chi connectivity index (χ0n) is 6.52. The average Bonchev–Trinajstić information content (AvgIpc) is 2.36. The summed E-state index contributed by atoms with van der Waals surface area (Å²) >= 11 is 0. The fourth-order valence-electron chi connectivity index (χ4n) is 0.784. The van der Waals surface area contributed by atoms with E-state index in [2.05, 4.69) is 19.9 Å². The van der Waals surface area contributed by atoms with Crippen LogP contribution in [0.3, 0.4) is 0 Å². The van der Waals surface area contributed by atoms with Gasteiger partial charge in [-0.2, -0.15) is 0 Å². The summed E-state index contributed by atoms with van der Waals surface area (Å²) in [5.74, 6) is 0.433. The van der Waals surface area contributed by atoms with Gasteiger partial charge in [0.05, 0.1) is 6.33 Å². The van der Waals surface area contributed by atoms with E-state index in [0.29, 0.717) is 17.0 Å². The van der Waals surface area contributed by atoms with Crippen molar-refractivity contribution < 1.29 is 35.0 Å². The van der Waals surface area contributed by atoms with Gasteiger partial charge in [-0.25, -0.2) is 15.0 Å². The second-order valence-corrected chi connectivity index (χ2v) is 1.86. The summed E-state index contributed by atoms with van der Waals surface area (Å²) in [4.78, 5) is 14.4. The Bertz CT molecular complexity index is 361. The Balaban J connectivity index is 0.000000605. The molecule has 0 saturated carbocycles. The summed E-state index contributed by atoms with van der Waals surface area (Å²) in [5.41, 5.74) is 6.78. The number of fused-ring (bicyclic) bond motifs is 1. The number of aromatic nitrogens is 4. The minimum Gasteiger partial charge on any atom is -0.870 e. The maximum atomic E-state index is 5.48. The molecule has 58 valence electrons. The van der Waals surface area contributed by atoms with Crippen molar-refractivity contribution in [2.45, 2.75) is 0 Å². The Morgan fingerprint density at radius 1 is 1.25 bits per heavy atom. The minimum absolute atomic E-state index is 0. The summed E-state index contributed by atoms with van der Waals surface area (Å²) in [6.07, 6.45) is 2.92. The molecule has 0 aliphatic heterocycles. The fraction of sp³-hybridized carbons (Fsp3) is 0. The molecule has 0 radical (unpaired) electrons. The number of nitrogens with two attached hydrogens (primary N) is 1. The SMILES string of the molecule is Nc1ncnc2nc[nH]c12.[Na+].[OH-]. The number of hydrogen-bond acceptors (Lipinski definition) is 5. The maximum Gasteiger partial charge on any atom is 1.00 e. The molecule has 12 heavy (non-hydrogen) atoms. The zero-order chi connectivity index (χ0) is 6.97. The summed E-state index contributed by atoms with van der Waals surface area (Å²) in [5, 5.41) is 0. The van der Waals surface area contributed by atoms with E-state index in [1.165, 1.54) is 12.7 Å². The van der Waals surface area contributed by atoms with Gasteiger partial charge in [-0.3, -0.25) is 0 Å². The predicted molar refractivity (Wildman–Crippen MR) is 38.0 cm³/mol. The first-order valence-electron chi connectivity index (χ1n) is 2.77. The van der Waals surface area contributed by atoms with Crippen LogP contribution in [0.2, 0.25) is 0 Å². The Kier molecular flexibility index (Phi) is 4.11. The van der Waals surface area contributed by atoms with E-state index in [1.807, 2.05) is 0 Å². The van der Waals surface area contributed by atoms with Gasteiger partial charge in [0.1, 0.15) is 11.8 Å². The third-order valence-electron chi connectivity index (χ3n) is 1.25. The van der Waals surface area contributed by atoms with Crippen LogP contribution in [-0.4, -0.2) is 25.4 Å². The summed E-state index contributed by atoms with van der Waals surface area (Å²) < 4.78 is 0. The Morgan fingerprint density at radius 3 is 2.67 bits per heavy atom. The molecule has 2 rings (SSSR count). The molecule has 7 heteroatoms. The molecule has 2 heterocycles. The van der Waals surface area contributed by atoms with Crippen LogP contribution >= 0.6 is 0 Å². The van der Waals surface area contributed by atoms with Gasteiger partial charge in [-0.1, -0.05) is 0 Å². The molecule has 2 aromatic heterocycles. The van der Waals surface area contributed by atoms with E-state index in [4.69, 9.17) is 5.73 Å². The van der Waals surface area contributed by atoms with Gasteiger partial charge in [-0.05, 0) is 0 Å². The van der Waals surface area contributed by atoms with Crippen LogP contribution in [0.5, 0.6) is 0 Å². The minimum atomic E-state index is 0. The molecule has 0 aliphatic carbocycles. The van der Waals surface area contributed by atoms with Crippen molar-refractivity contribution in [2.24, 2.45) is 0 Å². The third kappa shape index (κ3) is 1.72. The van der Waals surface area contributed by atoms with Crippen LogP contribution in [0.1, 0.15) is 0 Å². The van der Waals surface area contributed by atoms with Gasteiger partial charge in [-0.15, -0.1) is 0 Å². The predicted octanol–water partition coefficient (Wildman–Crippen LogP) is -3.24. The van der Waals surface area contributed by atoms with Gasteiger partial charge in [0.2, 0.25) is 0 Å². The van der Waals surface area contributed by atoms with Gasteiger partial charge in [0, 0.05) is 0 Å². The average molecular weight is 175 g/mol. The molecule has 0 atom stereocenters. The number of imidazole rings is 1. The van der Waals surface area contributed by atoms with Gasteiger partial charge in [0.25, 0.3) is 0 Å². The first kappa shape index (κ1) is 11.3. The molecular weight excluding hydrogens is 169 g/mol. The number of nitrogens with zero attached hydrogens (tertiary/aromatic N) is 3. The topological polar surface area (TPSA) is 110 Å². The quantitative estimate of drug-likeness (QED) is 0.409. The molecule has 2 aromatic rings. The Labute approximate surface area is 90.2 Å². The number of rotatable bonds is 0. The third-order valence-corrected chi connectivity index (χ3v) is 1.25. The van der Waals surface area contributed by atoms with Crippen molar-refractivity contribution in [2.75, 3.05) is 5.73 Å². The molecule has 6 nitrogen and oxygen atoms in total. The second-order valence-electron chi connectivity index (χ2n) is 1.86. The largest absolute Gasteiger partial charge is 1.00 e. The number of H-pyrrole nitrogens is 1. The first-order chi connectivity index (χ1) is 4.88. The van der Waals surface area contributed by atoms with Crippen molar-refractivity contribution in [3.8, 4) is 0 Å².